The van der Waals surface area contributed by atoms with Crippen LogP contribution in [0.4, 0.5) is 4.79 Å². The van der Waals surface area contributed by atoms with Gasteiger partial charge in [-0.15, -0.1) is 11.3 Å². The summed E-state index contributed by atoms with van der Waals surface area (Å²) in [6, 6.07) is -0.299. The molecule has 134 valence electrons. The molecule has 1 amide bonds. The maximum atomic E-state index is 12.4. The van der Waals surface area contributed by atoms with Crippen LogP contribution in [0.1, 0.15) is 49.5 Å². The number of β-amino-alcohol motifs (C(OH)–C–C–N with tert-alkyl or cyclic N) is 1. The van der Waals surface area contributed by atoms with Crippen molar-refractivity contribution in [2.75, 3.05) is 13.7 Å². The first kappa shape index (κ1) is 18.7. The van der Waals surface area contributed by atoms with Crippen LogP contribution in [0.5, 0.6) is 0 Å². The number of aliphatic hydroxyl groups excluding tert-OH is 1. The number of amides is 1. The van der Waals surface area contributed by atoms with E-state index in [0.29, 0.717) is 19.3 Å². The fourth-order valence-corrected chi connectivity index (χ4v) is 3.53. The van der Waals surface area contributed by atoms with Crippen molar-refractivity contribution in [3.8, 4) is 0 Å². The summed E-state index contributed by atoms with van der Waals surface area (Å²) in [5.41, 5.74) is -0.594. The number of esters is 1. The zero-order valence-electron chi connectivity index (χ0n) is 14.4. The zero-order valence-corrected chi connectivity index (χ0v) is 15.3. The predicted molar refractivity (Wildman–Crippen MR) is 88.8 cm³/mol. The van der Waals surface area contributed by atoms with Gasteiger partial charge in [0.05, 0.1) is 32.2 Å². The van der Waals surface area contributed by atoms with Crippen LogP contribution >= 0.6 is 11.3 Å². The van der Waals surface area contributed by atoms with Gasteiger partial charge in [-0.05, 0) is 27.2 Å². The van der Waals surface area contributed by atoms with Gasteiger partial charge in [0.25, 0.3) is 0 Å². The lowest BCUT2D eigenvalue weighted by Crippen LogP contribution is -2.37. The molecular weight excluding hydrogens is 332 g/mol. The summed E-state index contributed by atoms with van der Waals surface area (Å²) in [4.78, 5) is 30.4. The number of rotatable bonds is 4. The second-order valence-corrected chi connectivity index (χ2v) is 7.93. The Kier molecular flexibility index (Phi) is 5.82. The summed E-state index contributed by atoms with van der Waals surface area (Å²) in [5, 5.41) is 10.7. The van der Waals surface area contributed by atoms with Crippen molar-refractivity contribution in [2.45, 2.75) is 57.8 Å². The molecule has 1 fully saturated rings. The first-order chi connectivity index (χ1) is 11.2. The van der Waals surface area contributed by atoms with Crippen molar-refractivity contribution in [3.05, 3.63) is 16.1 Å². The number of carbonyl (C=O) groups is 2. The molecule has 2 atom stereocenters. The van der Waals surface area contributed by atoms with E-state index in [2.05, 4.69) is 9.72 Å². The third kappa shape index (κ3) is 4.91. The van der Waals surface area contributed by atoms with E-state index in [9.17, 15) is 14.7 Å². The fourth-order valence-electron chi connectivity index (χ4n) is 2.49. The van der Waals surface area contributed by atoms with Gasteiger partial charge in [-0.1, -0.05) is 0 Å². The Hall–Kier alpha value is -1.67. The quantitative estimate of drug-likeness (QED) is 0.833. The average Bonchev–Trinajstić information content (AvgIpc) is 3.09. The average molecular weight is 356 g/mol. The molecule has 0 saturated carbocycles. The van der Waals surface area contributed by atoms with E-state index in [0.717, 1.165) is 9.88 Å². The molecule has 24 heavy (non-hydrogen) atoms. The highest BCUT2D eigenvalue weighted by atomic mass is 32.1. The minimum Gasteiger partial charge on any atom is -0.469 e. The van der Waals surface area contributed by atoms with E-state index in [-0.39, 0.29) is 18.6 Å². The summed E-state index contributed by atoms with van der Waals surface area (Å²) >= 11 is 1.44. The first-order valence-electron chi connectivity index (χ1n) is 7.88. The lowest BCUT2D eigenvalue weighted by atomic mass is 10.2. The van der Waals surface area contributed by atoms with Crippen LogP contribution in [0, 0.1) is 0 Å². The van der Waals surface area contributed by atoms with Gasteiger partial charge in [0.15, 0.2) is 0 Å². The molecule has 1 aromatic heterocycles. The number of aryl methyl sites for hydroxylation is 1. The zero-order chi connectivity index (χ0) is 17.9. The highest BCUT2D eigenvalue weighted by Gasteiger charge is 2.39. The summed E-state index contributed by atoms with van der Waals surface area (Å²) < 4.78 is 10.0. The maximum absolute atomic E-state index is 12.4. The SMILES string of the molecule is COC(=O)CCc1cnc([C@@H]2C[C@@H](O)CN2C(=O)OC(C)(C)C)s1. The van der Waals surface area contributed by atoms with Crippen molar-refractivity contribution in [1.29, 1.82) is 0 Å². The first-order valence-corrected chi connectivity index (χ1v) is 8.70. The molecule has 1 N–H and O–H groups in total. The number of aliphatic hydroxyl groups is 1. The second-order valence-electron chi connectivity index (χ2n) is 6.78. The van der Waals surface area contributed by atoms with Crippen molar-refractivity contribution in [3.63, 3.8) is 0 Å². The number of nitrogens with zero attached hydrogens (tertiary/aromatic N) is 2. The predicted octanol–water partition coefficient (Wildman–Crippen LogP) is 2.29. The highest BCUT2D eigenvalue weighted by molar-refractivity contribution is 7.11. The van der Waals surface area contributed by atoms with Crippen LogP contribution in [-0.2, 0) is 20.7 Å². The minimum absolute atomic E-state index is 0.233. The summed E-state index contributed by atoms with van der Waals surface area (Å²) in [6.45, 7) is 5.65. The van der Waals surface area contributed by atoms with Crippen molar-refractivity contribution in [1.82, 2.24) is 9.88 Å². The normalized spacial score (nSPS) is 21.0. The van der Waals surface area contributed by atoms with E-state index in [1.807, 2.05) is 0 Å². The summed E-state index contributed by atoms with van der Waals surface area (Å²) in [6.07, 6.45) is 1.94. The van der Waals surface area contributed by atoms with Crippen LogP contribution in [0.15, 0.2) is 6.20 Å². The second kappa shape index (κ2) is 7.48. The van der Waals surface area contributed by atoms with Crippen molar-refractivity contribution >= 4 is 23.4 Å². The smallest absolute Gasteiger partial charge is 0.410 e. The molecule has 1 saturated heterocycles. The molecule has 0 spiro atoms. The lowest BCUT2D eigenvalue weighted by Gasteiger charge is -2.27. The number of carbonyl (C=O) groups excluding carboxylic acids is 2. The van der Waals surface area contributed by atoms with Gasteiger partial charge in [0.2, 0.25) is 0 Å². The number of aromatic nitrogens is 1. The van der Waals surface area contributed by atoms with E-state index in [1.165, 1.54) is 23.3 Å². The molecule has 0 unspecified atom stereocenters. The standard InChI is InChI=1S/C16H24N2O5S/c1-16(2,3)23-15(21)18-9-10(19)7-12(18)14-17-8-11(24-14)5-6-13(20)22-4/h8,10,12,19H,5-7,9H2,1-4H3/t10-,12+/m1/s1. The van der Waals surface area contributed by atoms with Crippen LogP contribution in [0.25, 0.3) is 0 Å². The van der Waals surface area contributed by atoms with Gasteiger partial charge in [-0.25, -0.2) is 9.78 Å². The molecule has 8 heteroatoms. The Balaban J connectivity index is 2.07. The van der Waals surface area contributed by atoms with Crippen LogP contribution < -0.4 is 0 Å². The molecule has 1 aromatic rings. The largest absolute Gasteiger partial charge is 0.469 e. The van der Waals surface area contributed by atoms with E-state index < -0.39 is 17.8 Å². The minimum atomic E-state index is -0.594. The number of thiazole rings is 1. The molecule has 0 bridgehead atoms. The van der Waals surface area contributed by atoms with Gasteiger partial charge in [0, 0.05) is 17.5 Å². The fraction of sp³-hybridized carbons (Fsp3) is 0.688. The molecule has 1 aliphatic heterocycles. The molecular formula is C16H24N2O5S. The van der Waals surface area contributed by atoms with E-state index >= 15 is 0 Å². The molecule has 0 aliphatic carbocycles. The Labute approximate surface area is 145 Å². The van der Waals surface area contributed by atoms with Gasteiger partial charge in [-0.3, -0.25) is 9.69 Å². The van der Waals surface area contributed by atoms with Crippen molar-refractivity contribution < 1.29 is 24.2 Å². The van der Waals surface area contributed by atoms with E-state index in [1.54, 1.807) is 27.0 Å². The van der Waals surface area contributed by atoms with Crippen LogP contribution in [0.3, 0.4) is 0 Å². The van der Waals surface area contributed by atoms with Gasteiger partial charge >= 0.3 is 12.1 Å². The van der Waals surface area contributed by atoms with E-state index in [4.69, 9.17) is 4.74 Å². The number of methoxy groups -OCH3 is 1. The topological polar surface area (TPSA) is 89.0 Å². The number of hydrogen-bond acceptors (Lipinski definition) is 7. The summed E-state index contributed by atoms with van der Waals surface area (Å²) in [7, 11) is 1.36. The number of ether oxygens (including phenoxy) is 2. The van der Waals surface area contributed by atoms with Crippen molar-refractivity contribution in [2.24, 2.45) is 0 Å². The van der Waals surface area contributed by atoms with Gasteiger partial charge in [-0.2, -0.15) is 0 Å². The van der Waals surface area contributed by atoms with Crippen LogP contribution in [0.2, 0.25) is 0 Å². The molecule has 0 aromatic carbocycles. The maximum Gasteiger partial charge on any atom is 0.410 e. The Morgan fingerprint density at radius 3 is 2.79 bits per heavy atom. The molecule has 0 radical (unpaired) electrons. The monoisotopic (exact) mass is 356 g/mol. The molecule has 2 rings (SSSR count). The number of likely N-dealkylation sites (tertiary alicyclic amines) is 1. The third-order valence-corrected chi connectivity index (χ3v) is 4.73. The molecule has 2 heterocycles. The Morgan fingerprint density at radius 1 is 1.46 bits per heavy atom. The van der Waals surface area contributed by atoms with Gasteiger partial charge in [0.1, 0.15) is 10.6 Å². The van der Waals surface area contributed by atoms with Gasteiger partial charge < -0.3 is 14.6 Å². The Morgan fingerprint density at radius 2 is 2.17 bits per heavy atom. The third-order valence-electron chi connectivity index (χ3n) is 3.57. The summed E-state index contributed by atoms with van der Waals surface area (Å²) in [5.74, 6) is -0.267. The highest BCUT2D eigenvalue weighted by Crippen LogP contribution is 2.35. The molecule has 7 nitrogen and oxygen atoms in total. The number of hydrogen-bond donors (Lipinski definition) is 1. The lowest BCUT2D eigenvalue weighted by molar-refractivity contribution is -0.140. The Bertz CT molecular complexity index is 596. The molecule has 1 aliphatic rings. The van der Waals surface area contributed by atoms with Crippen LogP contribution in [-0.4, -0.2) is 52.4 Å².